The monoisotopic (exact) mass is 419 g/mol. The molecule has 2 N–H and O–H groups in total. The van der Waals surface area contributed by atoms with Crippen LogP contribution in [0.2, 0.25) is 0 Å². The zero-order valence-corrected chi connectivity index (χ0v) is 16.8. The molecule has 2 aromatic carbocycles. The van der Waals surface area contributed by atoms with Gasteiger partial charge in [0.15, 0.2) is 0 Å². The summed E-state index contributed by atoms with van der Waals surface area (Å²) in [6.07, 6.45) is 1.48. The molecule has 4 rings (SSSR count). The molecule has 0 saturated carbocycles. The van der Waals surface area contributed by atoms with Gasteiger partial charge in [-0.25, -0.2) is 9.78 Å². The molecule has 150 valence electrons. The van der Waals surface area contributed by atoms with E-state index in [9.17, 15) is 19.5 Å². The number of anilines is 1. The van der Waals surface area contributed by atoms with Gasteiger partial charge < -0.3 is 10.4 Å². The van der Waals surface area contributed by atoms with E-state index in [-0.39, 0.29) is 16.8 Å². The Labute approximate surface area is 175 Å². The number of carbonyl (C=O) groups is 2. The van der Waals surface area contributed by atoms with Crippen molar-refractivity contribution < 1.29 is 14.7 Å². The van der Waals surface area contributed by atoms with Gasteiger partial charge in [0.2, 0.25) is 0 Å². The predicted molar refractivity (Wildman–Crippen MR) is 116 cm³/mol. The van der Waals surface area contributed by atoms with Crippen molar-refractivity contribution in [1.29, 1.82) is 0 Å². The number of nitrogens with zero attached hydrogens (tertiary/aromatic N) is 2. The van der Waals surface area contributed by atoms with Crippen LogP contribution in [0.3, 0.4) is 0 Å². The lowest BCUT2D eigenvalue weighted by molar-refractivity contribution is 0.0698. The number of amides is 1. The van der Waals surface area contributed by atoms with Crippen LogP contribution < -0.4 is 10.9 Å². The van der Waals surface area contributed by atoms with E-state index >= 15 is 0 Å². The summed E-state index contributed by atoms with van der Waals surface area (Å²) in [6.45, 7) is 2.08. The molecule has 2 heterocycles. The highest BCUT2D eigenvalue weighted by Crippen LogP contribution is 2.28. The Morgan fingerprint density at radius 2 is 1.80 bits per heavy atom. The molecule has 30 heavy (non-hydrogen) atoms. The highest BCUT2D eigenvalue weighted by Gasteiger charge is 2.21. The maximum Gasteiger partial charge on any atom is 0.337 e. The highest BCUT2D eigenvalue weighted by molar-refractivity contribution is 7.20. The number of thiophene rings is 1. The second-order valence-electron chi connectivity index (χ2n) is 6.70. The first-order valence-electron chi connectivity index (χ1n) is 9.12. The molecule has 7 nitrogen and oxygen atoms in total. The average molecular weight is 419 g/mol. The summed E-state index contributed by atoms with van der Waals surface area (Å²) in [7, 11) is 0. The summed E-state index contributed by atoms with van der Waals surface area (Å²) in [5, 5.41) is 12.3. The lowest BCUT2D eigenvalue weighted by Crippen LogP contribution is -2.21. The maximum atomic E-state index is 13.0. The standard InChI is InChI=1S/C22H17N3O4S/c1-13-17-20(23-12-25(21(17)27)11-14-7-3-2-4-8-14)30-18(13)19(26)24-16-10-6-5-9-15(16)22(28)29/h2-10,12H,11H2,1H3,(H,24,26)(H,28,29). The van der Waals surface area contributed by atoms with E-state index in [0.29, 0.717) is 27.2 Å². The third kappa shape index (κ3) is 3.60. The van der Waals surface area contributed by atoms with E-state index in [2.05, 4.69) is 10.3 Å². The fourth-order valence-corrected chi connectivity index (χ4v) is 4.26. The Hall–Kier alpha value is -3.78. The van der Waals surface area contributed by atoms with Crippen LogP contribution in [-0.4, -0.2) is 26.5 Å². The van der Waals surface area contributed by atoms with Crippen LogP contribution in [0.25, 0.3) is 10.2 Å². The van der Waals surface area contributed by atoms with E-state index < -0.39 is 11.9 Å². The van der Waals surface area contributed by atoms with Gasteiger partial charge in [0.25, 0.3) is 11.5 Å². The highest BCUT2D eigenvalue weighted by atomic mass is 32.1. The number of hydrogen-bond acceptors (Lipinski definition) is 5. The van der Waals surface area contributed by atoms with Crippen molar-refractivity contribution in [2.24, 2.45) is 0 Å². The molecule has 0 aliphatic carbocycles. The number of fused-ring (bicyclic) bond motifs is 1. The normalized spacial score (nSPS) is 10.8. The SMILES string of the molecule is Cc1c(C(=O)Nc2ccccc2C(=O)O)sc2ncn(Cc3ccccc3)c(=O)c12. The number of benzene rings is 2. The number of aromatic carboxylic acids is 1. The topological polar surface area (TPSA) is 101 Å². The third-order valence-corrected chi connectivity index (χ3v) is 5.92. The Bertz CT molecular complexity index is 1330. The Morgan fingerprint density at radius 1 is 1.10 bits per heavy atom. The van der Waals surface area contributed by atoms with E-state index in [4.69, 9.17) is 0 Å². The molecule has 0 saturated heterocycles. The number of para-hydroxylation sites is 1. The number of aromatic nitrogens is 2. The zero-order valence-electron chi connectivity index (χ0n) is 16.0. The molecule has 2 aromatic heterocycles. The quantitative estimate of drug-likeness (QED) is 0.513. The molecule has 0 bridgehead atoms. The molecule has 0 fully saturated rings. The van der Waals surface area contributed by atoms with Crippen LogP contribution in [0.4, 0.5) is 5.69 Å². The zero-order chi connectivity index (χ0) is 21.3. The number of hydrogen-bond donors (Lipinski definition) is 2. The molecule has 4 aromatic rings. The van der Waals surface area contributed by atoms with E-state index in [1.54, 1.807) is 19.1 Å². The van der Waals surface area contributed by atoms with Gasteiger partial charge in [-0.1, -0.05) is 42.5 Å². The smallest absolute Gasteiger partial charge is 0.337 e. The van der Waals surface area contributed by atoms with Crippen molar-refractivity contribution in [2.75, 3.05) is 5.32 Å². The van der Waals surface area contributed by atoms with Gasteiger partial charge in [0, 0.05) is 0 Å². The van der Waals surface area contributed by atoms with Crippen LogP contribution in [0, 0.1) is 6.92 Å². The van der Waals surface area contributed by atoms with Gasteiger partial charge in [-0.3, -0.25) is 14.2 Å². The van der Waals surface area contributed by atoms with E-state index in [1.165, 1.54) is 23.0 Å². The maximum absolute atomic E-state index is 13.0. The molecule has 0 radical (unpaired) electrons. The number of carboxylic acids is 1. The van der Waals surface area contributed by atoms with E-state index in [0.717, 1.165) is 16.9 Å². The summed E-state index contributed by atoms with van der Waals surface area (Å²) < 4.78 is 1.51. The minimum absolute atomic E-state index is 0.00652. The predicted octanol–water partition coefficient (Wildman–Crippen LogP) is 3.77. The number of rotatable bonds is 5. The Balaban J connectivity index is 1.70. The first kappa shape index (κ1) is 19.5. The summed E-state index contributed by atoms with van der Waals surface area (Å²) in [4.78, 5) is 42.4. The molecule has 0 unspecified atom stereocenters. The second-order valence-corrected chi connectivity index (χ2v) is 7.70. The number of aryl methyl sites for hydroxylation is 1. The first-order chi connectivity index (χ1) is 14.5. The van der Waals surface area contributed by atoms with Gasteiger partial charge in [0.05, 0.1) is 34.4 Å². The van der Waals surface area contributed by atoms with Crippen molar-refractivity contribution in [1.82, 2.24) is 9.55 Å². The van der Waals surface area contributed by atoms with Crippen LogP contribution >= 0.6 is 11.3 Å². The molecule has 0 spiro atoms. The first-order valence-corrected chi connectivity index (χ1v) is 9.93. The second kappa shape index (κ2) is 7.92. The van der Waals surface area contributed by atoms with Crippen molar-refractivity contribution in [3.63, 3.8) is 0 Å². The fourth-order valence-electron chi connectivity index (χ4n) is 3.23. The largest absolute Gasteiger partial charge is 0.478 e. The van der Waals surface area contributed by atoms with Gasteiger partial charge in [-0.2, -0.15) is 0 Å². The van der Waals surface area contributed by atoms with Crippen LogP contribution in [0.1, 0.15) is 31.2 Å². The molecule has 1 amide bonds. The summed E-state index contributed by atoms with van der Waals surface area (Å²) in [6, 6.07) is 15.7. The Kier molecular flexibility index (Phi) is 5.16. The summed E-state index contributed by atoms with van der Waals surface area (Å²) in [5.74, 6) is -1.61. The lowest BCUT2D eigenvalue weighted by atomic mass is 10.1. The summed E-state index contributed by atoms with van der Waals surface area (Å²) in [5.41, 5.74) is 1.47. The minimum Gasteiger partial charge on any atom is -0.478 e. The lowest BCUT2D eigenvalue weighted by Gasteiger charge is -2.07. The molecular formula is C22H17N3O4S. The van der Waals surface area contributed by atoms with E-state index in [1.807, 2.05) is 30.3 Å². The molecule has 0 aliphatic heterocycles. The Morgan fingerprint density at radius 3 is 2.53 bits per heavy atom. The summed E-state index contributed by atoms with van der Waals surface area (Å²) >= 11 is 1.11. The van der Waals surface area contributed by atoms with Crippen molar-refractivity contribution in [3.05, 3.63) is 92.8 Å². The van der Waals surface area contributed by atoms with Crippen LogP contribution in [0.15, 0.2) is 65.7 Å². The van der Waals surface area contributed by atoms with Gasteiger partial charge in [-0.15, -0.1) is 11.3 Å². The van der Waals surface area contributed by atoms with Crippen molar-refractivity contribution in [3.8, 4) is 0 Å². The van der Waals surface area contributed by atoms with Crippen LogP contribution in [-0.2, 0) is 6.54 Å². The van der Waals surface area contributed by atoms with Gasteiger partial charge in [-0.05, 0) is 30.2 Å². The third-order valence-electron chi connectivity index (χ3n) is 4.72. The minimum atomic E-state index is -1.13. The fraction of sp³-hybridized carbons (Fsp3) is 0.0909. The number of carboxylic acid groups (broad SMARTS) is 1. The number of carbonyl (C=O) groups excluding carboxylic acids is 1. The van der Waals surface area contributed by atoms with Crippen molar-refractivity contribution in [2.45, 2.75) is 13.5 Å². The molecule has 0 atom stereocenters. The molecule has 0 aliphatic rings. The van der Waals surface area contributed by atoms with Crippen LogP contribution in [0.5, 0.6) is 0 Å². The number of nitrogens with one attached hydrogen (secondary N) is 1. The molecular weight excluding hydrogens is 402 g/mol. The van der Waals surface area contributed by atoms with Gasteiger partial charge >= 0.3 is 5.97 Å². The average Bonchev–Trinajstić information content (AvgIpc) is 3.08. The van der Waals surface area contributed by atoms with Gasteiger partial charge in [0.1, 0.15) is 4.83 Å². The van der Waals surface area contributed by atoms with Crippen molar-refractivity contribution >= 4 is 39.1 Å². The molecule has 8 heteroatoms.